The van der Waals surface area contributed by atoms with E-state index in [0.29, 0.717) is 18.2 Å². The van der Waals surface area contributed by atoms with E-state index in [4.69, 9.17) is 5.11 Å². The van der Waals surface area contributed by atoms with Crippen LogP contribution in [0.15, 0.2) is 30.6 Å². The summed E-state index contributed by atoms with van der Waals surface area (Å²) >= 11 is 0. The van der Waals surface area contributed by atoms with E-state index in [0.717, 1.165) is 11.4 Å². The maximum atomic E-state index is 9.01. The van der Waals surface area contributed by atoms with E-state index in [1.54, 1.807) is 18.5 Å². The molecule has 2 aromatic heterocycles. The Balaban J connectivity index is 2.03. The predicted molar refractivity (Wildman–Crippen MR) is 73.8 cm³/mol. The monoisotopic (exact) mass is 259 g/mol. The van der Waals surface area contributed by atoms with Gasteiger partial charge in [-0.05, 0) is 23.8 Å². The van der Waals surface area contributed by atoms with Crippen LogP contribution in [0.4, 0.5) is 11.8 Å². The van der Waals surface area contributed by atoms with Crippen molar-refractivity contribution in [2.24, 2.45) is 0 Å². The van der Waals surface area contributed by atoms with E-state index < -0.39 is 0 Å². The van der Waals surface area contributed by atoms with Crippen LogP contribution >= 0.6 is 0 Å². The first kappa shape index (κ1) is 13.2. The molecule has 100 valence electrons. The van der Waals surface area contributed by atoms with Gasteiger partial charge in [0.05, 0.1) is 12.3 Å². The van der Waals surface area contributed by atoms with Crippen LogP contribution in [-0.2, 0) is 13.2 Å². The third-order valence-corrected chi connectivity index (χ3v) is 2.59. The van der Waals surface area contributed by atoms with Gasteiger partial charge in [-0.15, -0.1) is 0 Å². The Bertz CT molecular complexity index is 544. The van der Waals surface area contributed by atoms with E-state index in [2.05, 4.69) is 20.3 Å². The summed E-state index contributed by atoms with van der Waals surface area (Å²) in [5, 5.41) is 12.1. The van der Waals surface area contributed by atoms with Crippen LogP contribution in [-0.4, -0.2) is 34.2 Å². The van der Waals surface area contributed by atoms with Crippen molar-refractivity contribution >= 4 is 11.8 Å². The van der Waals surface area contributed by atoms with Crippen LogP contribution in [0.1, 0.15) is 11.3 Å². The molecular weight excluding hydrogens is 242 g/mol. The zero-order chi connectivity index (χ0) is 13.7. The first-order valence-electron chi connectivity index (χ1n) is 5.98. The van der Waals surface area contributed by atoms with Crippen LogP contribution < -0.4 is 10.2 Å². The minimum absolute atomic E-state index is 0.0861. The second-order valence-corrected chi connectivity index (χ2v) is 4.30. The lowest BCUT2D eigenvalue weighted by Crippen LogP contribution is -2.11. The van der Waals surface area contributed by atoms with Gasteiger partial charge in [0.25, 0.3) is 0 Å². The standard InChI is InChI=1S/C13H17N5O/c1-18(2)12-7-10(3-5-14-12)8-16-13-15-6-4-11(9-19)17-13/h3-7,19H,8-9H2,1-2H3,(H,15,16,17). The highest BCUT2D eigenvalue weighted by atomic mass is 16.3. The van der Waals surface area contributed by atoms with E-state index in [1.807, 2.05) is 31.1 Å². The van der Waals surface area contributed by atoms with Crippen LogP contribution in [0, 0.1) is 0 Å². The van der Waals surface area contributed by atoms with Crippen molar-refractivity contribution in [2.75, 3.05) is 24.3 Å². The number of nitrogens with zero attached hydrogens (tertiary/aromatic N) is 4. The van der Waals surface area contributed by atoms with Gasteiger partial charge >= 0.3 is 0 Å². The minimum Gasteiger partial charge on any atom is -0.390 e. The molecule has 0 radical (unpaired) electrons. The molecule has 0 saturated heterocycles. The molecule has 19 heavy (non-hydrogen) atoms. The zero-order valence-electron chi connectivity index (χ0n) is 11.0. The largest absolute Gasteiger partial charge is 0.390 e. The molecule has 0 amide bonds. The smallest absolute Gasteiger partial charge is 0.223 e. The minimum atomic E-state index is -0.0861. The summed E-state index contributed by atoms with van der Waals surface area (Å²) in [4.78, 5) is 14.5. The van der Waals surface area contributed by atoms with Crippen molar-refractivity contribution in [3.63, 3.8) is 0 Å². The summed E-state index contributed by atoms with van der Waals surface area (Å²) in [7, 11) is 3.90. The van der Waals surface area contributed by atoms with E-state index >= 15 is 0 Å². The van der Waals surface area contributed by atoms with Crippen LogP contribution in [0.25, 0.3) is 0 Å². The normalized spacial score (nSPS) is 10.3. The molecular formula is C13H17N5O. The summed E-state index contributed by atoms with van der Waals surface area (Å²) in [6, 6.07) is 5.63. The summed E-state index contributed by atoms with van der Waals surface area (Å²) < 4.78 is 0. The average molecular weight is 259 g/mol. The highest BCUT2D eigenvalue weighted by Gasteiger charge is 2.01. The van der Waals surface area contributed by atoms with Crippen molar-refractivity contribution < 1.29 is 5.11 Å². The Hall–Kier alpha value is -2.21. The number of aliphatic hydroxyl groups is 1. The van der Waals surface area contributed by atoms with Gasteiger partial charge in [0.15, 0.2) is 0 Å². The second kappa shape index (κ2) is 6.10. The number of anilines is 2. The summed E-state index contributed by atoms with van der Waals surface area (Å²) in [5.41, 5.74) is 1.69. The van der Waals surface area contributed by atoms with Crippen molar-refractivity contribution in [2.45, 2.75) is 13.2 Å². The Morgan fingerprint density at radius 1 is 1.21 bits per heavy atom. The summed E-state index contributed by atoms with van der Waals surface area (Å²) in [6.45, 7) is 0.523. The molecule has 0 bridgehead atoms. The van der Waals surface area contributed by atoms with Crippen molar-refractivity contribution in [1.82, 2.24) is 15.0 Å². The molecule has 0 fully saturated rings. The average Bonchev–Trinajstić information content (AvgIpc) is 2.45. The molecule has 0 aliphatic heterocycles. The lowest BCUT2D eigenvalue weighted by molar-refractivity contribution is 0.277. The summed E-state index contributed by atoms with van der Waals surface area (Å²) in [5.74, 6) is 1.42. The quantitative estimate of drug-likeness (QED) is 0.836. The van der Waals surface area contributed by atoms with Gasteiger partial charge in [-0.2, -0.15) is 0 Å². The molecule has 2 rings (SSSR count). The summed E-state index contributed by atoms with van der Waals surface area (Å²) in [6.07, 6.45) is 3.40. The third-order valence-electron chi connectivity index (χ3n) is 2.59. The maximum Gasteiger partial charge on any atom is 0.223 e. The molecule has 0 aliphatic rings. The Labute approximate surface area is 112 Å². The second-order valence-electron chi connectivity index (χ2n) is 4.30. The number of nitrogens with one attached hydrogen (secondary N) is 1. The first-order chi connectivity index (χ1) is 9.19. The van der Waals surface area contributed by atoms with Gasteiger partial charge < -0.3 is 15.3 Å². The van der Waals surface area contributed by atoms with Gasteiger partial charge in [-0.3, -0.25) is 0 Å². The SMILES string of the molecule is CN(C)c1cc(CNc2nccc(CO)n2)ccn1. The Kier molecular flexibility index (Phi) is 4.25. The zero-order valence-corrected chi connectivity index (χ0v) is 11.0. The van der Waals surface area contributed by atoms with Gasteiger partial charge in [0, 0.05) is 33.0 Å². The predicted octanol–water partition coefficient (Wildman–Crippen LogP) is 1.04. The fourth-order valence-corrected chi connectivity index (χ4v) is 1.57. The number of hydrogen-bond donors (Lipinski definition) is 2. The van der Waals surface area contributed by atoms with Gasteiger partial charge in [-0.25, -0.2) is 15.0 Å². The number of pyridine rings is 1. The highest BCUT2D eigenvalue weighted by Crippen LogP contribution is 2.11. The fourth-order valence-electron chi connectivity index (χ4n) is 1.57. The molecule has 6 heteroatoms. The number of hydrogen-bond acceptors (Lipinski definition) is 6. The van der Waals surface area contributed by atoms with Gasteiger partial charge in [0.1, 0.15) is 5.82 Å². The molecule has 0 unspecified atom stereocenters. The molecule has 0 spiro atoms. The molecule has 2 aromatic rings. The Morgan fingerprint density at radius 3 is 2.74 bits per heavy atom. The van der Waals surface area contributed by atoms with Crippen molar-refractivity contribution in [1.29, 1.82) is 0 Å². The molecule has 0 aliphatic carbocycles. The van der Waals surface area contributed by atoms with Gasteiger partial charge in [-0.1, -0.05) is 0 Å². The van der Waals surface area contributed by atoms with Crippen molar-refractivity contribution in [3.05, 3.63) is 41.9 Å². The van der Waals surface area contributed by atoms with E-state index in [9.17, 15) is 0 Å². The first-order valence-corrected chi connectivity index (χ1v) is 5.98. The van der Waals surface area contributed by atoms with Crippen LogP contribution in [0.2, 0.25) is 0 Å². The lowest BCUT2D eigenvalue weighted by Gasteiger charge is -2.12. The molecule has 0 aromatic carbocycles. The molecule has 0 saturated carbocycles. The molecule has 0 atom stereocenters. The molecule has 2 N–H and O–H groups in total. The molecule has 2 heterocycles. The lowest BCUT2D eigenvalue weighted by atomic mass is 10.2. The Morgan fingerprint density at radius 2 is 2.00 bits per heavy atom. The van der Waals surface area contributed by atoms with Crippen LogP contribution in [0.3, 0.4) is 0 Å². The van der Waals surface area contributed by atoms with Gasteiger partial charge in [0.2, 0.25) is 5.95 Å². The number of rotatable bonds is 5. The highest BCUT2D eigenvalue weighted by molar-refractivity contribution is 5.40. The van der Waals surface area contributed by atoms with Crippen LogP contribution in [0.5, 0.6) is 0 Å². The number of aromatic nitrogens is 3. The van der Waals surface area contributed by atoms with E-state index in [-0.39, 0.29) is 6.61 Å². The number of aliphatic hydroxyl groups excluding tert-OH is 1. The van der Waals surface area contributed by atoms with E-state index in [1.165, 1.54) is 0 Å². The molecule has 6 nitrogen and oxygen atoms in total. The third kappa shape index (κ3) is 3.62. The van der Waals surface area contributed by atoms with Crippen molar-refractivity contribution in [3.8, 4) is 0 Å². The fraction of sp³-hybridized carbons (Fsp3) is 0.308. The topological polar surface area (TPSA) is 74.2 Å². The maximum absolute atomic E-state index is 9.01.